The van der Waals surface area contributed by atoms with Gasteiger partial charge in [0.15, 0.2) is 0 Å². The first-order valence-electron chi connectivity index (χ1n) is 9.60. The van der Waals surface area contributed by atoms with Gasteiger partial charge in [0.2, 0.25) is 5.91 Å². The van der Waals surface area contributed by atoms with Crippen LogP contribution in [0.4, 0.5) is 15.8 Å². The number of carbonyl (C=O) groups is 3. The summed E-state index contributed by atoms with van der Waals surface area (Å²) < 4.78 is 50.8. The highest BCUT2D eigenvalue weighted by Gasteiger charge is 2.30. The van der Waals surface area contributed by atoms with E-state index in [9.17, 15) is 27.2 Å². The maximum absolute atomic E-state index is 14.5. The average Bonchev–Trinajstić information content (AvgIpc) is 3.38. The number of thiophene rings is 1. The van der Waals surface area contributed by atoms with Gasteiger partial charge < -0.3 is 14.8 Å². The van der Waals surface area contributed by atoms with Crippen molar-refractivity contribution in [3.63, 3.8) is 0 Å². The van der Waals surface area contributed by atoms with Crippen LogP contribution in [0.1, 0.15) is 20.7 Å². The van der Waals surface area contributed by atoms with Crippen LogP contribution < -0.4 is 9.62 Å². The lowest BCUT2D eigenvalue weighted by atomic mass is 10.1. The maximum Gasteiger partial charge on any atom is 0.339 e. The van der Waals surface area contributed by atoms with Gasteiger partial charge in [-0.15, -0.1) is 11.3 Å². The lowest BCUT2D eigenvalue weighted by Crippen LogP contribution is -2.38. The summed E-state index contributed by atoms with van der Waals surface area (Å²) in [6.45, 7) is -0.815. The summed E-state index contributed by atoms with van der Waals surface area (Å²) in [5.74, 6) is -3.27. The van der Waals surface area contributed by atoms with Gasteiger partial charge in [-0.25, -0.2) is 22.4 Å². The largest absolute Gasteiger partial charge is 0.465 e. The van der Waals surface area contributed by atoms with Gasteiger partial charge in [-0.3, -0.25) is 9.10 Å². The minimum Gasteiger partial charge on any atom is -0.465 e. The highest BCUT2D eigenvalue weighted by Crippen LogP contribution is 2.29. The molecule has 0 saturated heterocycles. The van der Waals surface area contributed by atoms with Gasteiger partial charge in [0, 0.05) is 0 Å². The van der Waals surface area contributed by atoms with Crippen LogP contribution in [0.15, 0.2) is 64.2 Å². The van der Waals surface area contributed by atoms with E-state index < -0.39 is 40.2 Å². The second-order valence-corrected chi connectivity index (χ2v) is 9.72. The summed E-state index contributed by atoms with van der Waals surface area (Å²) in [7, 11) is -1.99. The van der Waals surface area contributed by atoms with Crippen molar-refractivity contribution in [1.82, 2.24) is 0 Å². The number of ether oxygens (including phenoxy) is 2. The predicted molar refractivity (Wildman–Crippen MR) is 123 cm³/mol. The Bertz CT molecular complexity index is 1320. The van der Waals surface area contributed by atoms with E-state index in [0.717, 1.165) is 31.6 Å². The van der Waals surface area contributed by atoms with Crippen LogP contribution >= 0.6 is 11.3 Å². The molecule has 9 nitrogen and oxygen atoms in total. The first-order chi connectivity index (χ1) is 16.2. The second-order valence-electron chi connectivity index (χ2n) is 6.69. The van der Waals surface area contributed by atoms with Crippen LogP contribution in [0, 0.1) is 5.82 Å². The van der Waals surface area contributed by atoms with Gasteiger partial charge in [-0.05, 0) is 41.8 Å². The number of rotatable bonds is 8. The molecule has 0 atom stereocenters. The number of para-hydroxylation sites is 1. The molecule has 3 aromatic rings. The molecule has 178 valence electrons. The molecule has 1 heterocycles. The van der Waals surface area contributed by atoms with Crippen LogP contribution in [0.5, 0.6) is 0 Å². The fourth-order valence-corrected chi connectivity index (χ4v) is 5.51. The molecule has 0 unspecified atom stereocenters. The minimum atomic E-state index is -4.29. The number of nitrogens with one attached hydrogen (secondary N) is 1. The van der Waals surface area contributed by atoms with Crippen LogP contribution in [-0.4, -0.2) is 47.0 Å². The Hall–Kier alpha value is -3.77. The van der Waals surface area contributed by atoms with E-state index in [0.29, 0.717) is 4.31 Å². The third-order valence-electron chi connectivity index (χ3n) is 4.57. The molecule has 0 radical (unpaired) electrons. The zero-order chi connectivity index (χ0) is 24.9. The number of hydrogen-bond acceptors (Lipinski definition) is 8. The average molecular weight is 507 g/mol. The van der Waals surface area contributed by atoms with E-state index in [1.165, 1.54) is 53.9 Å². The van der Waals surface area contributed by atoms with Gasteiger partial charge in [-0.1, -0.05) is 18.2 Å². The molecule has 1 N–H and O–H groups in total. The quantitative estimate of drug-likeness (QED) is 0.466. The number of anilines is 2. The Morgan fingerprint density at radius 2 is 1.71 bits per heavy atom. The highest BCUT2D eigenvalue weighted by molar-refractivity contribution is 7.94. The molecule has 0 bridgehead atoms. The minimum absolute atomic E-state index is 0.0302. The molecule has 1 amide bonds. The van der Waals surface area contributed by atoms with Gasteiger partial charge in [0.05, 0.1) is 36.7 Å². The lowest BCUT2D eigenvalue weighted by Gasteiger charge is -2.24. The number of carbonyl (C=O) groups excluding carboxylic acids is 3. The van der Waals surface area contributed by atoms with E-state index in [2.05, 4.69) is 10.1 Å². The molecular formula is C22H19FN2O7S2. The number of amides is 1. The molecule has 12 heteroatoms. The number of halogens is 1. The van der Waals surface area contributed by atoms with Gasteiger partial charge >= 0.3 is 11.9 Å². The van der Waals surface area contributed by atoms with E-state index in [1.54, 1.807) is 0 Å². The van der Waals surface area contributed by atoms with Gasteiger partial charge in [0.25, 0.3) is 10.0 Å². The van der Waals surface area contributed by atoms with Crippen molar-refractivity contribution in [1.29, 1.82) is 0 Å². The topological polar surface area (TPSA) is 119 Å². The summed E-state index contributed by atoms with van der Waals surface area (Å²) in [5.41, 5.74) is -0.492. The number of sulfonamides is 1. The molecule has 2 aromatic carbocycles. The third-order valence-corrected chi connectivity index (χ3v) is 7.70. The van der Waals surface area contributed by atoms with Crippen LogP contribution in [0.3, 0.4) is 0 Å². The zero-order valence-electron chi connectivity index (χ0n) is 18.0. The molecule has 0 spiro atoms. The number of esters is 2. The number of methoxy groups -OCH3 is 2. The summed E-state index contributed by atoms with van der Waals surface area (Å²) in [4.78, 5) is 36.9. The molecule has 0 aliphatic carbocycles. The molecule has 0 aliphatic heterocycles. The van der Waals surface area contributed by atoms with E-state index in [-0.39, 0.29) is 26.7 Å². The van der Waals surface area contributed by atoms with Crippen molar-refractivity contribution in [3.05, 3.63) is 76.9 Å². The van der Waals surface area contributed by atoms with Crippen LogP contribution in [0.25, 0.3) is 0 Å². The van der Waals surface area contributed by atoms with E-state index >= 15 is 0 Å². The van der Waals surface area contributed by atoms with Gasteiger partial charge in [0.1, 0.15) is 16.6 Å². The number of hydrogen-bond donors (Lipinski definition) is 1. The molecule has 1 aromatic heterocycles. The molecule has 3 rings (SSSR count). The van der Waals surface area contributed by atoms with E-state index in [1.807, 2.05) is 0 Å². The van der Waals surface area contributed by atoms with Crippen LogP contribution in [0.2, 0.25) is 0 Å². The second kappa shape index (κ2) is 10.4. The van der Waals surface area contributed by atoms with Gasteiger partial charge in [-0.2, -0.15) is 0 Å². The first kappa shape index (κ1) is 24.9. The molecule has 0 fully saturated rings. The van der Waals surface area contributed by atoms with Crippen molar-refractivity contribution in [2.45, 2.75) is 4.21 Å². The Morgan fingerprint density at radius 3 is 2.32 bits per heavy atom. The fraction of sp³-hybridized carbons (Fsp3) is 0.136. The first-order valence-corrected chi connectivity index (χ1v) is 11.9. The lowest BCUT2D eigenvalue weighted by molar-refractivity contribution is -0.114. The maximum atomic E-state index is 14.5. The Kier molecular flexibility index (Phi) is 7.64. The number of benzene rings is 2. The predicted octanol–water partition coefficient (Wildman–Crippen LogP) is 3.29. The monoisotopic (exact) mass is 506 g/mol. The standard InChI is InChI=1S/C22H19FN2O7S2/c1-31-21(27)14-9-10-15(22(28)32-2)17(12-14)24-19(26)13-25(18-7-4-3-6-16(18)23)34(29,30)20-8-5-11-33-20/h3-12H,13H2,1-2H3,(H,24,26). The molecular weight excluding hydrogens is 487 g/mol. The molecule has 0 aliphatic rings. The van der Waals surface area contributed by atoms with Crippen molar-refractivity contribution < 1.29 is 36.7 Å². The summed E-state index contributed by atoms with van der Waals surface area (Å²) in [6.07, 6.45) is 0. The van der Waals surface area contributed by atoms with Crippen molar-refractivity contribution >= 4 is 50.6 Å². The molecule has 34 heavy (non-hydrogen) atoms. The third kappa shape index (κ3) is 5.24. The zero-order valence-corrected chi connectivity index (χ0v) is 19.6. The number of nitrogens with zero attached hydrogens (tertiary/aromatic N) is 1. The normalized spacial score (nSPS) is 10.9. The highest BCUT2D eigenvalue weighted by atomic mass is 32.2. The van der Waals surface area contributed by atoms with Crippen LogP contribution in [-0.2, 0) is 24.3 Å². The Balaban J connectivity index is 1.99. The van der Waals surface area contributed by atoms with Crippen molar-refractivity contribution in [2.75, 3.05) is 30.4 Å². The Labute approximate surface area is 198 Å². The van der Waals surface area contributed by atoms with Crippen molar-refractivity contribution in [3.8, 4) is 0 Å². The van der Waals surface area contributed by atoms with E-state index in [4.69, 9.17) is 4.74 Å². The summed E-state index contributed by atoms with van der Waals surface area (Å²) in [5, 5.41) is 3.94. The fourth-order valence-electron chi connectivity index (χ4n) is 2.97. The van der Waals surface area contributed by atoms with Crippen molar-refractivity contribution in [2.24, 2.45) is 0 Å². The Morgan fingerprint density at radius 1 is 1.00 bits per heavy atom. The molecule has 0 saturated carbocycles. The smallest absolute Gasteiger partial charge is 0.339 e. The summed E-state index contributed by atoms with van der Waals surface area (Å²) in [6, 6.07) is 11.7. The SMILES string of the molecule is COC(=O)c1ccc(C(=O)OC)c(NC(=O)CN(c2ccccc2F)S(=O)(=O)c2cccs2)c1. The summed E-state index contributed by atoms with van der Waals surface area (Å²) >= 11 is 0.910.